The van der Waals surface area contributed by atoms with E-state index >= 15 is 0 Å². The maximum Gasteiger partial charge on any atom is 0.0467 e. The van der Waals surface area contributed by atoms with Gasteiger partial charge in [-0.3, -0.25) is 0 Å². The second kappa shape index (κ2) is 12.7. The molecule has 0 aliphatic carbocycles. The van der Waals surface area contributed by atoms with Gasteiger partial charge in [0.2, 0.25) is 0 Å². The number of thiophene rings is 1. The van der Waals surface area contributed by atoms with Gasteiger partial charge in [-0.1, -0.05) is 158 Å². The van der Waals surface area contributed by atoms with Crippen LogP contribution in [0.25, 0.3) is 75.1 Å². The van der Waals surface area contributed by atoms with Crippen molar-refractivity contribution in [3.63, 3.8) is 0 Å². The average molecular weight is 680 g/mol. The van der Waals surface area contributed by atoms with Crippen LogP contribution in [-0.2, 0) is 0 Å². The lowest BCUT2D eigenvalue weighted by atomic mass is 10.00. The van der Waals surface area contributed by atoms with Crippen molar-refractivity contribution in [3.8, 4) is 33.4 Å². The monoisotopic (exact) mass is 679 g/mol. The molecule has 0 fully saturated rings. The van der Waals surface area contributed by atoms with Gasteiger partial charge in [-0.05, 0) is 97.4 Å². The highest BCUT2D eigenvalue weighted by Gasteiger charge is 2.16. The van der Waals surface area contributed by atoms with E-state index in [2.05, 4.69) is 205 Å². The van der Waals surface area contributed by atoms with Crippen LogP contribution in [0.5, 0.6) is 0 Å². The quantitative estimate of drug-likeness (QED) is 0.169. The number of nitrogens with zero attached hydrogens (tertiary/aromatic N) is 1. The second-order valence-corrected chi connectivity index (χ2v) is 14.4. The maximum absolute atomic E-state index is 2.37. The molecule has 0 aliphatic heterocycles. The Hall–Kier alpha value is -6.48. The van der Waals surface area contributed by atoms with Gasteiger partial charge in [0.15, 0.2) is 0 Å². The summed E-state index contributed by atoms with van der Waals surface area (Å²) in [5.41, 5.74) is 10.6. The first kappa shape index (κ1) is 30.4. The summed E-state index contributed by atoms with van der Waals surface area (Å²) in [5, 5.41) is 7.76. The predicted molar refractivity (Wildman–Crippen MR) is 225 cm³/mol. The van der Waals surface area contributed by atoms with Gasteiger partial charge >= 0.3 is 0 Å². The van der Waals surface area contributed by atoms with Crippen LogP contribution in [0.2, 0.25) is 0 Å². The number of hydrogen-bond acceptors (Lipinski definition) is 2. The van der Waals surface area contributed by atoms with Crippen LogP contribution in [0.3, 0.4) is 0 Å². The van der Waals surface area contributed by atoms with Crippen molar-refractivity contribution in [3.05, 3.63) is 200 Å². The van der Waals surface area contributed by atoms with E-state index in [1.165, 1.54) is 75.1 Å². The minimum absolute atomic E-state index is 1.11. The molecule has 0 N–H and O–H groups in total. The van der Waals surface area contributed by atoms with Crippen molar-refractivity contribution in [2.75, 3.05) is 4.90 Å². The molecule has 10 rings (SSSR count). The minimum Gasteiger partial charge on any atom is -0.310 e. The SMILES string of the molecule is c1ccc(-c2cccc(N(c3ccc(-c4ccc5ccccc5c4)cc3)c3ccc(-c4cccc5c4sc4c6ccccc6ccc54)cc3)c2)cc1. The van der Waals surface area contributed by atoms with Gasteiger partial charge in [-0.25, -0.2) is 0 Å². The van der Waals surface area contributed by atoms with E-state index in [0.29, 0.717) is 0 Å². The summed E-state index contributed by atoms with van der Waals surface area (Å²) in [6.45, 7) is 0. The summed E-state index contributed by atoms with van der Waals surface area (Å²) < 4.78 is 2.69. The fourth-order valence-corrected chi connectivity index (χ4v) is 8.99. The van der Waals surface area contributed by atoms with Crippen LogP contribution in [0.4, 0.5) is 17.1 Å². The standard InChI is InChI=1S/C50H33NS/c1-2-10-34(11-3-1)40-15-8-16-44(33-40)51(42-27-22-36(23-28-42)41-21-20-35-12-4-5-14-39(35)32-41)43-29-24-38(25-30-43)46-18-9-19-47-48-31-26-37-13-6-7-17-45(37)50(48)52-49(46)47/h1-33H. The van der Waals surface area contributed by atoms with Crippen LogP contribution < -0.4 is 4.90 Å². The third-order valence-corrected chi connectivity index (χ3v) is 11.5. The Balaban J connectivity index is 1.07. The molecule has 0 atom stereocenters. The molecule has 0 spiro atoms. The zero-order valence-corrected chi connectivity index (χ0v) is 29.2. The number of benzene rings is 9. The Morgan fingerprint density at radius 3 is 1.65 bits per heavy atom. The number of fused-ring (bicyclic) bond motifs is 6. The van der Waals surface area contributed by atoms with Crippen molar-refractivity contribution >= 4 is 70.1 Å². The Kier molecular flexibility index (Phi) is 7.41. The van der Waals surface area contributed by atoms with Crippen LogP contribution >= 0.6 is 11.3 Å². The van der Waals surface area contributed by atoms with Gasteiger partial charge in [0.25, 0.3) is 0 Å². The Bertz CT molecular complexity index is 2890. The van der Waals surface area contributed by atoms with Crippen LogP contribution in [-0.4, -0.2) is 0 Å². The molecule has 0 aliphatic rings. The molecule has 1 heterocycles. The summed E-state index contributed by atoms with van der Waals surface area (Å²) in [5.74, 6) is 0. The van der Waals surface area contributed by atoms with Crippen molar-refractivity contribution in [2.45, 2.75) is 0 Å². The zero-order valence-electron chi connectivity index (χ0n) is 28.4. The van der Waals surface area contributed by atoms with E-state index in [0.717, 1.165) is 17.1 Å². The topological polar surface area (TPSA) is 3.24 Å². The minimum atomic E-state index is 1.11. The lowest BCUT2D eigenvalue weighted by Gasteiger charge is -2.26. The van der Waals surface area contributed by atoms with Crippen molar-refractivity contribution in [1.29, 1.82) is 0 Å². The molecule has 0 bridgehead atoms. The first-order valence-corrected chi connectivity index (χ1v) is 18.6. The highest BCUT2D eigenvalue weighted by Crippen LogP contribution is 2.44. The molecular weight excluding hydrogens is 647 g/mol. The molecule has 0 amide bonds. The molecule has 52 heavy (non-hydrogen) atoms. The van der Waals surface area contributed by atoms with E-state index in [9.17, 15) is 0 Å². The summed E-state index contributed by atoms with van der Waals surface area (Å²) >= 11 is 1.91. The summed E-state index contributed by atoms with van der Waals surface area (Å²) in [4.78, 5) is 2.37. The van der Waals surface area contributed by atoms with E-state index in [-0.39, 0.29) is 0 Å². The molecule has 0 unspecified atom stereocenters. The van der Waals surface area contributed by atoms with E-state index < -0.39 is 0 Å². The molecule has 0 saturated carbocycles. The Morgan fingerprint density at radius 2 is 0.846 bits per heavy atom. The molecule has 2 heteroatoms. The lowest BCUT2D eigenvalue weighted by Crippen LogP contribution is -2.10. The van der Waals surface area contributed by atoms with Crippen LogP contribution in [0, 0.1) is 0 Å². The third kappa shape index (κ3) is 5.33. The van der Waals surface area contributed by atoms with E-state index in [4.69, 9.17) is 0 Å². The predicted octanol–water partition coefficient (Wildman–Crippen LogP) is 14.8. The molecule has 1 aromatic heterocycles. The summed E-state index contributed by atoms with van der Waals surface area (Å²) in [6, 6.07) is 72.8. The molecular formula is C50H33NS. The fraction of sp³-hybridized carbons (Fsp3) is 0. The van der Waals surface area contributed by atoms with Gasteiger partial charge in [0, 0.05) is 37.2 Å². The summed E-state index contributed by atoms with van der Waals surface area (Å²) in [7, 11) is 0. The number of anilines is 3. The Morgan fingerprint density at radius 1 is 0.288 bits per heavy atom. The molecule has 10 aromatic rings. The molecule has 0 radical (unpaired) electrons. The highest BCUT2D eigenvalue weighted by molar-refractivity contribution is 7.27. The first-order valence-electron chi connectivity index (χ1n) is 17.8. The van der Waals surface area contributed by atoms with Crippen LogP contribution in [0.1, 0.15) is 0 Å². The molecule has 9 aromatic carbocycles. The van der Waals surface area contributed by atoms with Crippen molar-refractivity contribution in [2.24, 2.45) is 0 Å². The largest absolute Gasteiger partial charge is 0.310 e. The van der Waals surface area contributed by atoms with Crippen molar-refractivity contribution in [1.82, 2.24) is 0 Å². The molecule has 1 nitrogen and oxygen atoms in total. The fourth-order valence-electron chi connectivity index (χ4n) is 7.62. The van der Waals surface area contributed by atoms with Gasteiger partial charge in [-0.2, -0.15) is 0 Å². The molecule has 244 valence electrons. The highest BCUT2D eigenvalue weighted by atomic mass is 32.1. The number of rotatable bonds is 6. The number of hydrogen-bond donors (Lipinski definition) is 0. The zero-order chi connectivity index (χ0) is 34.4. The lowest BCUT2D eigenvalue weighted by molar-refractivity contribution is 1.28. The summed E-state index contributed by atoms with van der Waals surface area (Å²) in [6.07, 6.45) is 0. The van der Waals surface area contributed by atoms with Gasteiger partial charge in [0.05, 0.1) is 0 Å². The average Bonchev–Trinajstić information content (AvgIpc) is 3.62. The van der Waals surface area contributed by atoms with Crippen LogP contribution in [0.15, 0.2) is 200 Å². The molecule has 0 saturated heterocycles. The van der Waals surface area contributed by atoms with Gasteiger partial charge in [-0.15, -0.1) is 11.3 Å². The van der Waals surface area contributed by atoms with Gasteiger partial charge in [0.1, 0.15) is 0 Å². The smallest absolute Gasteiger partial charge is 0.0467 e. The normalized spacial score (nSPS) is 11.5. The second-order valence-electron chi connectivity index (χ2n) is 13.4. The van der Waals surface area contributed by atoms with Gasteiger partial charge < -0.3 is 4.90 Å². The Labute approximate surface area is 307 Å². The van der Waals surface area contributed by atoms with Crippen molar-refractivity contribution < 1.29 is 0 Å². The maximum atomic E-state index is 2.37. The van der Waals surface area contributed by atoms with E-state index in [1.807, 2.05) is 11.3 Å². The third-order valence-electron chi connectivity index (χ3n) is 10.2. The first-order chi connectivity index (χ1) is 25.8. The van der Waals surface area contributed by atoms with E-state index in [1.54, 1.807) is 0 Å².